The number of benzene rings is 2. The van der Waals surface area contributed by atoms with E-state index in [-0.39, 0.29) is 16.9 Å². The maximum atomic E-state index is 12.4. The molecule has 0 aliphatic heterocycles. The molecule has 5 rings (SSSR count). The largest absolute Gasteiger partial charge is 0.382 e. The molecule has 0 aliphatic rings. The van der Waals surface area contributed by atoms with Gasteiger partial charge in [0.1, 0.15) is 5.69 Å². The lowest BCUT2D eigenvalue weighted by molar-refractivity contribution is 0.876. The summed E-state index contributed by atoms with van der Waals surface area (Å²) < 4.78 is 3.89. The minimum Gasteiger partial charge on any atom is -0.382 e. The van der Waals surface area contributed by atoms with Gasteiger partial charge in [0.05, 0.1) is 16.8 Å². The number of para-hydroxylation sites is 2. The van der Waals surface area contributed by atoms with Crippen molar-refractivity contribution in [3.63, 3.8) is 0 Å². The lowest BCUT2D eigenvalue weighted by atomic mass is 10.1. The predicted octanol–water partition coefficient (Wildman–Crippen LogP) is 3.16. The van der Waals surface area contributed by atoms with Crippen molar-refractivity contribution >= 4 is 27.6 Å². The van der Waals surface area contributed by atoms with E-state index in [4.69, 9.17) is 5.73 Å². The molecule has 0 fully saturated rings. The number of H-pyrrole nitrogens is 1. The van der Waals surface area contributed by atoms with Crippen LogP contribution in [0.25, 0.3) is 38.9 Å². The van der Waals surface area contributed by atoms with E-state index >= 15 is 0 Å². The fraction of sp³-hybridized carbons (Fsp3) is 0.0952. The molecular weight excluding hydrogens is 352 g/mol. The zero-order valence-electron chi connectivity index (χ0n) is 15.5. The molecule has 0 saturated heterocycles. The molecule has 138 valence electrons. The number of aromatic nitrogens is 5. The van der Waals surface area contributed by atoms with Crippen molar-refractivity contribution in [1.82, 2.24) is 24.5 Å². The Labute approximate surface area is 160 Å². The Balaban J connectivity index is 2.01. The van der Waals surface area contributed by atoms with Gasteiger partial charge in [-0.1, -0.05) is 36.4 Å². The minimum atomic E-state index is -0.364. The monoisotopic (exact) mass is 370 g/mol. The van der Waals surface area contributed by atoms with Crippen LogP contribution in [0.3, 0.4) is 0 Å². The molecule has 0 aliphatic carbocycles. The zero-order valence-corrected chi connectivity index (χ0v) is 15.5. The molecule has 2 aromatic carbocycles. The van der Waals surface area contributed by atoms with Crippen LogP contribution in [0.15, 0.2) is 59.4 Å². The van der Waals surface area contributed by atoms with Crippen molar-refractivity contribution in [3.05, 3.63) is 70.5 Å². The Hall–Kier alpha value is -3.87. The van der Waals surface area contributed by atoms with Crippen LogP contribution in [0, 0.1) is 6.92 Å². The van der Waals surface area contributed by atoms with Crippen molar-refractivity contribution in [3.8, 4) is 17.1 Å². The van der Waals surface area contributed by atoms with Crippen LogP contribution in [0.5, 0.6) is 0 Å². The summed E-state index contributed by atoms with van der Waals surface area (Å²) in [4.78, 5) is 12.4. The summed E-state index contributed by atoms with van der Waals surface area (Å²) in [7, 11) is 2.01. The van der Waals surface area contributed by atoms with Gasteiger partial charge < -0.3 is 10.3 Å². The first-order valence-electron chi connectivity index (χ1n) is 8.94. The van der Waals surface area contributed by atoms with Crippen molar-refractivity contribution in [2.24, 2.45) is 7.05 Å². The number of hydrogen-bond acceptors (Lipinski definition) is 4. The Morgan fingerprint density at radius 1 is 1.00 bits per heavy atom. The first-order chi connectivity index (χ1) is 13.6. The fourth-order valence-electron chi connectivity index (χ4n) is 3.93. The number of rotatable bonds is 2. The van der Waals surface area contributed by atoms with E-state index in [0.29, 0.717) is 5.39 Å². The second-order valence-corrected chi connectivity index (χ2v) is 6.81. The van der Waals surface area contributed by atoms with Gasteiger partial charge >= 0.3 is 0 Å². The minimum absolute atomic E-state index is 0.247. The van der Waals surface area contributed by atoms with Gasteiger partial charge in [0, 0.05) is 18.0 Å². The number of hydrogen-bond donors (Lipinski definition) is 2. The summed E-state index contributed by atoms with van der Waals surface area (Å²) in [6.07, 6.45) is 0. The van der Waals surface area contributed by atoms with E-state index in [9.17, 15) is 4.79 Å². The first kappa shape index (κ1) is 16.3. The summed E-state index contributed by atoms with van der Waals surface area (Å²) in [6.45, 7) is 2.07. The third-order valence-electron chi connectivity index (χ3n) is 5.22. The van der Waals surface area contributed by atoms with Crippen molar-refractivity contribution in [2.75, 3.05) is 5.73 Å². The van der Waals surface area contributed by atoms with E-state index in [1.165, 1.54) is 0 Å². The molecule has 0 radical (unpaired) electrons. The predicted molar refractivity (Wildman–Crippen MR) is 111 cm³/mol. The quantitative estimate of drug-likeness (QED) is 0.499. The molecule has 7 nitrogen and oxygen atoms in total. The molecule has 0 bridgehead atoms. The van der Waals surface area contributed by atoms with Gasteiger partial charge in [0.25, 0.3) is 5.56 Å². The third kappa shape index (κ3) is 2.13. The highest BCUT2D eigenvalue weighted by Gasteiger charge is 2.25. The second kappa shape index (κ2) is 5.82. The van der Waals surface area contributed by atoms with E-state index in [1.807, 2.05) is 49.5 Å². The number of nitrogens with two attached hydrogens (primary N) is 1. The second-order valence-electron chi connectivity index (χ2n) is 6.81. The van der Waals surface area contributed by atoms with Gasteiger partial charge in [0.15, 0.2) is 11.3 Å². The Kier molecular flexibility index (Phi) is 3.39. The van der Waals surface area contributed by atoms with Gasteiger partial charge in [0.2, 0.25) is 0 Å². The normalized spacial score (nSPS) is 11.5. The lowest BCUT2D eigenvalue weighted by Gasteiger charge is -2.11. The van der Waals surface area contributed by atoms with Crippen LogP contribution < -0.4 is 11.3 Å². The summed E-state index contributed by atoms with van der Waals surface area (Å²) in [5.41, 5.74) is 10.9. The van der Waals surface area contributed by atoms with Gasteiger partial charge in [-0.05, 0) is 30.7 Å². The zero-order chi connectivity index (χ0) is 19.4. The number of aryl methyl sites for hydroxylation is 2. The average Bonchev–Trinajstić information content (AvgIpc) is 3.23. The summed E-state index contributed by atoms with van der Waals surface area (Å²) in [5, 5.41) is 12.7. The van der Waals surface area contributed by atoms with E-state index < -0.39 is 0 Å². The smallest absolute Gasteiger partial charge is 0.292 e. The van der Waals surface area contributed by atoms with Crippen LogP contribution in [0.2, 0.25) is 0 Å². The molecular formula is C21H18N6O. The van der Waals surface area contributed by atoms with E-state index in [0.717, 1.165) is 33.5 Å². The van der Waals surface area contributed by atoms with Crippen LogP contribution in [-0.2, 0) is 7.05 Å². The first-order valence-corrected chi connectivity index (χ1v) is 8.94. The SMILES string of the molecule is Cc1c(-c2c3c(N)n[nH]c(=O)c3nn2-c2ccccc2)n(C)c2ccccc12. The van der Waals surface area contributed by atoms with Crippen molar-refractivity contribution < 1.29 is 0 Å². The van der Waals surface area contributed by atoms with Crippen LogP contribution in [0.4, 0.5) is 5.82 Å². The standard InChI is InChI=1S/C21H18N6O/c1-12-14-10-6-7-11-15(14)26(2)18(12)19-16-17(21(28)24-23-20(16)22)25-27(19)13-8-4-3-5-9-13/h3-11H,1-2H3,(H2,22,23)(H,24,28). The molecule has 3 N–H and O–H groups in total. The molecule has 0 unspecified atom stereocenters. The highest BCUT2D eigenvalue weighted by molar-refractivity contribution is 6.03. The van der Waals surface area contributed by atoms with Gasteiger partial charge in [-0.15, -0.1) is 0 Å². The van der Waals surface area contributed by atoms with E-state index in [1.54, 1.807) is 4.68 Å². The van der Waals surface area contributed by atoms with E-state index in [2.05, 4.69) is 38.9 Å². The van der Waals surface area contributed by atoms with Crippen LogP contribution in [0.1, 0.15) is 5.56 Å². The molecule has 0 spiro atoms. The summed E-state index contributed by atoms with van der Waals surface area (Å²) in [5.74, 6) is 0.247. The number of nitrogens with one attached hydrogen (secondary N) is 1. The van der Waals surface area contributed by atoms with Gasteiger partial charge in [-0.25, -0.2) is 9.78 Å². The molecule has 0 atom stereocenters. The maximum Gasteiger partial charge on any atom is 0.292 e. The molecule has 28 heavy (non-hydrogen) atoms. The number of nitrogen functional groups attached to an aromatic ring is 1. The Bertz CT molecular complexity index is 1370. The topological polar surface area (TPSA) is 94.5 Å². The number of nitrogens with zero attached hydrogens (tertiary/aromatic N) is 4. The highest BCUT2D eigenvalue weighted by atomic mass is 16.1. The molecule has 0 amide bonds. The number of aromatic amines is 1. The molecule has 3 heterocycles. The Morgan fingerprint density at radius 2 is 1.71 bits per heavy atom. The van der Waals surface area contributed by atoms with Gasteiger partial charge in [-0.2, -0.15) is 10.2 Å². The third-order valence-corrected chi connectivity index (χ3v) is 5.22. The number of fused-ring (bicyclic) bond motifs is 2. The van der Waals surface area contributed by atoms with Crippen LogP contribution in [-0.4, -0.2) is 24.5 Å². The molecule has 5 aromatic rings. The van der Waals surface area contributed by atoms with Crippen LogP contribution >= 0.6 is 0 Å². The average molecular weight is 370 g/mol. The highest BCUT2D eigenvalue weighted by Crippen LogP contribution is 2.38. The molecule has 0 saturated carbocycles. The van der Waals surface area contributed by atoms with Crippen molar-refractivity contribution in [1.29, 1.82) is 0 Å². The summed E-state index contributed by atoms with van der Waals surface area (Å²) in [6, 6.07) is 17.9. The van der Waals surface area contributed by atoms with Crippen molar-refractivity contribution in [2.45, 2.75) is 6.92 Å². The lowest BCUT2D eigenvalue weighted by Crippen LogP contribution is -2.10. The molecule has 7 heteroatoms. The summed E-state index contributed by atoms with van der Waals surface area (Å²) >= 11 is 0. The maximum absolute atomic E-state index is 12.4. The fourth-order valence-corrected chi connectivity index (χ4v) is 3.93. The Morgan fingerprint density at radius 3 is 2.46 bits per heavy atom. The van der Waals surface area contributed by atoms with Gasteiger partial charge in [-0.3, -0.25) is 4.79 Å². The molecule has 3 aromatic heterocycles. The number of anilines is 1.